The highest BCUT2D eigenvalue weighted by atomic mass is 16.3. The predicted octanol–water partition coefficient (Wildman–Crippen LogP) is 1.26. The molecule has 1 aliphatic heterocycles. The van der Waals surface area contributed by atoms with Gasteiger partial charge in [0.05, 0.1) is 19.1 Å². The Morgan fingerprint density at radius 3 is 2.28 bits per heavy atom. The van der Waals surface area contributed by atoms with E-state index in [1.54, 1.807) is 0 Å². The molecule has 2 unspecified atom stereocenters. The van der Waals surface area contributed by atoms with Crippen molar-refractivity contribution in [3.8, 4) is 0 Å². The third-order valence-electron chi connectivity index (χ3n) is 4.87. The molecule has 1 aliphatic rings. The van der Waals surface area contributed by atoms with Gasteiger partial charge in [0.15, 0.2) is 0 Å². The van der Waals surface area contributed by atoms with Crippen molar-refractivity contribution in [3.05, 3.63) is 71.8 Å². The second-order valence-electron chi connectivity index (χ2n) is 7.07. The summed E-state index contributed by atoms with van der Waals surface area (Å²) in [7, 11) is 0. The molecule has 2 aromatic rings. The highest BCUT2D eigenvalue weighted by molar-refractivity contribution is 6.05. The van der Waals surface area contributed by atoms with Gasteiger partial charge in [0.2, 0.25) is 5.91 Å². The van der Waals surface area contributed by atoms with Gasteiger partial charge in [-0.15, -0.1) is 0 Å². The zero-order chi connectivity index (χ0) is 20.6. The summed E-state index contributed by atoms with van der Waals surface area (Å²) < 4.78 is 0. The number of hydrogen-bond acceptors (Lipinski definition) is 4. The van der Waals surface area contributed by atoms with Crippen LogP contribution >= 0.6 is 0 Å². The molecule has 4 amide bonds. The van der Waals surface area contributed by atoms with Crippen LogP contribution in [0.15, 0.2) is 60.7 Å². The van der Waals surface area contributed by atoms with Crippen LogP contribution in [-0.4, -0.2) is 53.1 Å². The van der Waals surface area contributed by atoms with Gasteiger partial charge in [0.1, 0.15) is 6.04 Å². The molecule has 1 heterocycles. The summed E-state index contributed by atoms with van der Waals surface area (Å²) in [6, 6.07) is 17.3. The third-order valence-corrected chi connectivity index (χ3v) is 4.87. The topological polar surface area (TPSA) is 98.7 Å². The predicted molar refractivity (Wildman–Crippen MR) is 108 cm³/mol. The summed E-state index contributed by atoms with van der Waals surface area (Å²) in [6.45, 7) is 0.0505. The normalized spacial score (nSPS) is 17.1. The van der Waals surface area contributed by atoms with E-state index >= 15 is 0 Å². The Kier molecular flexibility index (Phi) is 6.97. The molecule has 7 heteroatoms. The van der Waals surface area contributed by atoms with Gasteiger partial charge in [0.25, 0.3) is 5.91 Å². The molecule has 3 N–H and O–H groups in total. The fourth-order valence-electron chi connectivity index (χ4n) is 3.34. The first-order chi connectivity index (χ1) is 14.1. The van der Waals surface area contributed by atoms with Gasteiger partial charge in [-0.3, -0.25) is 14.5 Å². The number of nitrogens with one attached hydrogen (secondary N) is 2. The van der Waals surface area contributed by atoms with Gasteiger partial charge in [-0.05, 0) is 24.0 Å². The van der Waals surface area contributed by atoms with E-state index in [1.165, 1.54) is 0 Å². The second-order valence-corrected chi connectivity index (χ2v) is 7.07. The van der Waals surface area contributed by atoms with Crippen molar-refractivity contribution in [1.82, 2.24) is 15.5 Å². The lowest BCUT2D eigenvalue weighted by molar-refractivity contribution is -0.131. The van der Waals surface area contributed by atoms with Crippen molar-refractivity contribution in [3.63, 3.8) is 0 Å². The maximum absolute atomic E-state index is 12.5. The van der Waals surface area contributed by atoms with Crippen LogP contribution < -0.4 is 10.6 Å². The number of carbonyl (C=O) groups excluding carboxylic acids is 3. The van der Waals surface area contributed by atoms with E-state index in [0.717, 1.165) is 16.0 Å². The maximum atomic E-state index is 12.5. The molecule has 2 aromatic carbocycles. The quantitative estimate of drug-likeness (QED) is 0.557. The monoisotopic (exact) mass is 395 g/mol. The van der Waals surface area contributed by atoms with E-state index in [1.807, 2.05) is 60.7 Å². The molecule has 29 heavy (non-hydrogen) atoms. The molecule has 1 saturated heterocycles. The largest absolute Gasteiger partial charge is 0.394 e. The molecule has 0 aliphatic carbocycles. The van der Waals surface area contributed by atoms with Gasteiger partial charge in [-0.25, -0.2) is 4.79 Å². The summed E-state index contributed by atoms with van der Waals surface area (Å²) in [5, 5.41) is 14.9. The molecule has 0 radical (unpaired) electrons. The first-order valence-corrected chi connectivity index (χ1v) is 9.66. The number of carbonyl (C=O) groups is 3. The van der Waals surface area contributed by atoms with E-state index in [0.29, 0.717) is 12.8 Å². The lowest BCUT2D eigenvalue weighted by Crippen LogP contribution is -2.43. The van der Waals surface area contributed by atoms with Crippen LogP contribution in [0.5, 0.6) is 0 Å². The third kappa shape index (κ3) is 5.65. The molecule has 2 atom stereocenters. The smallest absolute Gasteiger partial charge is 0.324 e. The average Bonchev–Trinajstić information content (AvgIpc) is 3.00. The average molecular weight is 395 g/mol. The standard InChI is InChI=1S/C22H25N3O4/c26-15-18(13-17-9-5-2-6-10-17)23-20(27)14-19-21(28)25(22(29)24-19)12-11-16-7-3-1-4-8-16/h1-10,18-19,26H,11-15H2,(H,23,27)(H,24,29). The highest BCUT2D eigenvalue weighted by Crippen LogP contribution is 2.12. The highest BCUT2D eigenvalue weighted by Gasteiger charge is 2.38. The molecule has 0 aromatic heterocycles. The Balaban J connectivity index is 1.50. The first kappa shape index (κ1) is 20.5. The maximum Gasteiger partial charge on any atom is 0.324 e. The molecular weight excluding hydrogens is 370 g/mol. The number of imide groups is 1. The zero-order valence-corrected chi connectivity index (χ0v) is 16.1. The van der Waals surface area contributed by atoms with Gasteiger partial charge in [-0.1, -0.05) is 60.7 Å². The Morgan fingerprint density at radius 1 is 1.03 bits per heavy atom. The van der Waals surface area contributed by atoms with E-state index in [-0.39, 0.29) is 25.5 Å². The molecule has 0 bridgehead atoms. The number of hydrogen-bond donors (Lipinski definition) is 3. The minimum atomic E-state index is -0.880. The summed E-state index contributed by atoms with van der Waals surface area (Å²) in [5.41, 5.74) is 2.02. The Labute approximate surface area is 169 Å². The molecule has 3 rings (SSSR count). The Hall–Kier alpha value is -3.19. The summed E-state index contributed by atoms with van der Waals surface area (Å²) in [4.78, 5) is 38.2. The van der Waals surface area contributed by atoms with Crippen LogP contribution in [0.1, 0.15) is 17.5 Å². The van der Waals surface area contributed by atoms with Crippen LogP contribution in [0, 0.1) is 0 Å². The van der Waals surface area contributed by atoms with Crippen LogP contribution in [0.4, 0.5) is 4.79 Å². The van der Waals surface area contributed by atoms with Gasteiger partial charge >= 0.3 is 6.03 Å². The lowest BCUT2D eigenvalue weighted by atomic mass is 10.1. The minimum Gasteiger partial charge on any atom is -0.394 e. The van der Waals surface area contributed by atoms with Crippen LogP contribution in [0.25, 0.3) is 0 Å². The fraction of sp³-hybridized carbons (Fsp3) is 0.318. The van der Waals surface area contributed by atoms with Crippen molar-refractivity contribution in [1.29, 1.82) is 0 Å². The number of nitrogens with zero attached hydrogens (tertiary/aromatic N) is 1. The SMILES string of the molecule is O=C(CC1NC(=O)N(CCc2ccccc2)C1=O)NC(CO)Cc1ccccc1. The summed E-state index contributed by atoms with van der Waals surface area (Å²) >= 11 is 0. The number of amides is 4. The molecule has 0 spiro atoms. The number of aliphatic hydroxyl groups excluding tert-OH is 1. The molecule has 1 fully saturated rings. The van der Waals surface area contributed by atoms with Gasteiger partial charge in [-0.2, -0.15) is 0 Å². The Morgan fingerprint density at radius 2 is 1.66 bits per heavy atom. The van der Waals surface area contributed by atoms with Crippen molar-refractivity contribution in [2.24, 2.45) is 0 Å². The lowest BCUT2D eigenvalue weighted by Gasteiger charge is -2.17. The van der Waals surface area contributed by atoms with Crippen LogP contribution in [-0.2, 0) is 22.4 Å². The van der Waals surface area contributed by atoms with E-state index in [9.17, 15) is 19.5 Å². The van der Waals surface area contributed by atoms with E-state index in [2.05, 4.69) is 10.6 Å². The van der Waals surface area contributed by atoms with Gasteiger partial charge in [0, 0.05) is 6.54 Å². The van der Waals surface area contributed by atoms with E-state index < -0.39 is 24.0 Å². The van der Waals surface area contributed by atoms with Crippen LogP contribution in [0.3, 0.4) is 0 Å². The van der Waals surface area contributed by atoms with Crippen molar-refractivity contribution in [2.45, 2.75) is 31.3 Å². The van der Waals surface area contributed by atoms with Crippen LogP contribution in [0.2, 0.25) is 0 Å². The molecule has 7 nitrogen and oxygen atoms in total. The molecule has 152 valence electrons. The van der Waals surface area contributed by atoms with Crippen molar-refractivity contribution < 1.29 is 19.5 Å². The number of benzene rings is 2. The molecule has 0 saturated carbocycles. The summed E-state index contributed by atoms with van der Waals surface area (Å²) in [5.74, 6) is -0.784. The Bertz CT molecular complexity index is 842. The minimum absolute atomic E-state index is 0.155. The number of rotatable bonds is 9. The molecular formula is C22H25N3O4. The second kappa shape index (κ2) is 9.84. The van der Waals surface area contributed by atoms with Gasteiger partial charge < -0.3 is 15.7 Å². The fourth-order valence-corrected chi connectivity index (χ4v) is 3.34. The first-order valence-electron chi connectivity index (χ1n) is 9.66. The van der Waals surface area contributed by atoms with Crippen molar-refractivity contribution >= 4 is 17.8 Å². The number of aliphatic hydroxyl groups is 1. The zero-order valence-electron chi connectivity index (χ0n) is 16.1. The number of urea groups is 1. The van der Waals surface area contributed by atoms with Crippen molar-refractivity contribution in [2.75, 3.05) is 13.2 Å². The summed E-state index contributed by atoms with van der Waals surface area (Å²) in [6.07, 6.45) is 0.886. The van der Waals surface area contributed by atoms with E-state index in [4.69, 9.17) is 0 Å².